The fourth-order valence-corrected chi connectivity index (χ4v) is 3.20. The van der Waals surface area contributed by atoms with Gasteiger partial charge >= 0.3 is 0 Å². The summed E-state index contributed by atoms with van der Waals surface area (Å²) in [6.45, 7) is 13.4. The van der Waals surface area contributed by atoms with Gasteiger partial charge in [-0.15, -0.1) is 6.58 Å². The van der Waals surface area contributed by atoms with E-state index >= 15 is 0 Å². The van der Waals surface area contributed by atoms with Crippen LogP contribution < -0.4 is 0 Å². The van der Waals surface area contributed by atoms with Crippen LogP contribution in [0.5, 0.6) is 0 Å². The van der Waals surface area contributed by atoms with E-state index in [0.717, 1.165) is 5.92 Å². The van der Waals surface area contributed by atoms with E-state index in [4.69, 9.17) is 0 Å². The van der Waals surface area contributed by atoms with E-state index in [1.165, 1.54) is 19.3 Å². The Kier molecular flexibility index (Phi) is 2.38. The van der Waals surface area contributed by atoms with Gasteiger partial charge in [0.15, 0.2) is 0 Å². The van der Waals surface area contributed by atoms with E-state index in [2.05, 4.69) is 40.3 Å². The summed E-state index contributed by atoms with van der Waals surface area (Å²) in [5, 5.41) is 0. The predicted octanol–water partition coefficient (Wildman–Crippen LogP) is 4.02. The minimum absolute atomic E-state index is 0.390. The average Bonchev–Trinajstić information content (AvgIpc) is 1.82. The van der Waals surface area contributed by atoms with Gasteiger partial charge in [0.05, 0.1) is 0 Å². The van der Waals surface area contributed by atoms with Gasteiger partial charge in [-0.05, 0) is 36.0 Å². The molecule has 1 rings (SSSR count). The first-order chi connectivity index (χ1) is 5.37. The SMILES string of the molecule is C=CC1(C)CC(C)CC(C)(C)C1. The molecular weight excluding hydrogens is 144 g/mol. The molecule has 1 saturated carbocycles. The summed E-state index contributed by atoms with van der Waals surface area (Å²) in [6, 6.07) is 0. The van der Waals surface area contributed by atoms with Gasteiger partial charge in [0.25, 0.3) is 0 Å². The van der Waals surface area contributed by atoms with Crippen molar-refractivity contribution >= 4 is 0 Å². The molecule has 0 aromatic carbocycles. The highest BCUT2D eigenvalue weighted by atomic mass is 14.4. The summed E-state index contributed by atoms with van der Waals surface area (Å²) in [5.41, 5.74) is 0.905. The minimum Gasteiger partial charge on any atom is -0.103 e. The van der Waals surface area contributed by atoms with Crippen molar-refractivity contribution in [3.8, 4) is 0 Å². The molecule has 2 unspecified atom stereocenters. The van der Waals surface area contributed by atoms with Gasteiger partial charge in [-0.25, -0.2) is 0 Å². The second-order valence-corrected chi connectivity index (χ2v) is 5.71. The van der Waals surface area contributed by atoms with Crippen LogP contribution in [-0.4, -0.2) is 0 Å². The predicted molar refractivity (Wildman–Crippen MR) is 55.1 cm³/mol. The molecule has 0 bridgehead atoms. The third-order valence-electron chi connectivity index (χ3n) is 3.09. The fraction of sp³-hybridized carbons (Fsp3) is 0.833. The number of allylic oxidation sites excluding steroid dienone is 1. The van der Waals surface area contributed by atoms with Crippen LogP contribution in [0.1, 0.15) is 47.0 Å². The van der Waals surface area contributed by atoms with Crippen LogP contribution in [0.15, 0.2) is 12.7 Å². The maximum Gasteiger partial charge on any atom is -0.0142 e. The van der Waals surface area contributed by atoms with Crippen LogP contribution in [0.4, 0.5) is 0 Å². The van der Waals surface area contributed by atoms with Crippen molar-refractivity contribution in [2.75, 3.05) is 0 Å². The molecule has 0 spiro atoms. The summed E-state index contributed by atoms with van der Waals surface area (Å²) < 4.78 is 0. The summed E-state index contributed by atoms with van der Waals surface area (Å²) in [6.07, 6.45) is 6.15. The third kappa shape index (κ3) is 2.12. The van der Waals surface area contributed by atoms with Crippen LogP contribution in [0.2, 0.25) is 0 Å². The number of rotatable bonds is 1. The summed E-state index contributed by atoms with van der Waals surface area (Å²) in [7, 11) is 0. The van der Waals surface area contributed by atoms with Gasteiger partial charge in [0.2, 0.25) is 0 Å². The molecule has 0 amide bonds. The molecule has 0 aliphatic heterocycles. The zero-order valence-electron chi connectivity index (χ0n) is 8.98. The van der Waals surface area contributed by atoms with Gasteiger partial charge < -0.3 is 0 Å². The Hall–Kier alpha value is -0.260. The molecule has 12 heavy (non-hydrogen) atoms. The molecule has 1 fully saturated rings. The normalized spacial score (nSPS) is 40.8. The highest BCUT2D eigenvalue weighted by molar-refractivity contribution is 4.99. The molecule has 1 aliphatic rings. The van der Waals surface area contributed by atoms with Crippen LogP contribution in [-0.2, 0) is 0 Å². The third-order valence-corrected chi connectivity index (χ3v) is 3.09. The standard InChI is InChI=1S/C12H22/c1-6-12(5)8-10(2)7-11(3,4)9-12/h6,10H,1,7-9H2,2-5H3. The Morgan fingerprint density at radius 2 is 1.83 bits per heavy atom. The van der Waals surface area contributed by atoms with E-state index in [1.54, 1.807) is 0 Å². The fourth-order valence-electron chi connectivity index (χ4n) is 3.20. The van der Waals surface area contributed by atoms with Gasteiger partial charge in [-0.1, -0.05) is 33.8 Å². The molecule has 0 saturated heterocycles. The maximum atomic E-state index is 3.96. The Balaban J connectivity index is 2.76. The minimum atomic E-state index is 0.390. The molecular formula is C12H22. The maximum absolute atomic E-state index is 3.96. The van der Waals surface area contributed by atoms with Gasteiger partial charge in [0.1, 0.15) is 0 Å². The Morgan fingerprint density at radius 3 is 2.25 bits per heavy atom. The highest BCUT2D eigenvalue weighted by Gasteiger charge is 2.37. The summed E-state index contributed by atoms with van der Waals surface area (Å²) >= 11 is 0. The Bertz CT molecular complexity index is 178. The monoisotopic (exact) mass is 166 g/mol. The van der Waals surface area contributed by atoms with Gasteiger partial charge in [-0.3, -0.25) is 0 Å². The van der Waals surface area contributed by atoms with Gasteiger partial charge in [0, 0.05) is 0 Å². The smallest absolute Gasteiger partial charge is 0.0142 e. The average molecular weight is 166 g/mol. The van der Waals surface area contributed by atoms with Crippen molar-refractivity contribution in [1.82, 2.24) is 0 Å². The van der Waals surface area contributed by atoms with E-state index < -0.39 is 0 Å². The van der Waals surface area contributed by atoms with Crippen molar-refractivity contribution in [3.05, 3.63) is 12.7 Å². The largest absolute Gasteiger partial charge is 0.103 e. The Morgan fingerprint density at radius 1 is 1.25 bits per heavy atom. The highest BCUT2D eigenvalue weighted by Crippen LogP contribution is 2.48. The van der Waals surface area contributed by atoms with Crippen molar-refractivity contribution in [2.45, 2.75) is 47.0 Å². The lowest BCUT2D eigenvalue weighted by Gasteiger charge is -2.44. The molecule has 0 heteroatoms. The van der Waals surface area contributed by atoms with Crippen molar-refractivity contribution < 1.29 is 0 Å². The lowest BCUT2D eigenvalue weighted by Crippen LogP contribution is -2.33. The number of hydrogen-bond donors (Lipinski definition) is 0. The lowest BCUT2D eigenvalue weighted by molar-refractivity contribution is 0.0959. The van der Waals surface area contributed by atoms with E-state index in [-0.39, 0.29) is 0 Å². The van der Waals surface area contributed by atoms with E-state index in [0.29, 0.717) is 10.8 Å². The topological polar surface area (TPSA) is 0 Å². The van der Waals surface area contributed by atoms with Crippen LogP contribution in [0.3, 0.4) is 0 Å². The van der Waals surface area contributed by atoms with E-state index in [1.807, 2.05) is 0 Å². The molecule has 2 atom stereocenters. The first-order valence-corrected chi connectivity index (χ1v) is 5.00. The van der Waals surface area contributed by atoms with Crippen molar-refractivity contribution in [3.63, 3.8) is 0 Å². The molecule has 0 aromatic heterocycles. The molecule has 0 heterocycles. The van der Waals surface area contributed by atoms with Gasteiger partial charge in [-0.2, -0.15) is 0 Å². The van der Waals surface area contributed by atoms with Crippen molar-refractivity contribution in [2.24, 2.45) is 16.7 Å². The molecule has 0 N–H and O–H groups in total. The second-order valence-electron chi connectivity index (χ2n) is 5.71. The molecule has 0 nitrogen and oxygen atoms in total. The quantitative estimate of drug-likeness (QED) is 0.516. The first-order valence-electron chi connectivity index (χ1n) is 5.00. The van der Waals surface area contributed by atoms with Crippen LogP contribution >= 0.6 is 0 Å². The molecule has 70 valence electrons. The second kappa shape index (κ2) is 2.90. The molecule has 0 aromatic rings. The molecule has 1 aliphatic carbocycles. The van der Waals surface area contributed by atoms with Crippen LogP contribution in [0, 0.1) is 16.7 Å². The lowest BCUT2D eigenvalue weighted by atomic mass is 9.61. The Labute approximate surface area is 77.1 Å². The van der Waals surface area contributed by atoms with E-state index in [9.17, 15) is 0 Å². The summed E-state index contributed by atoms with van der Waals surface area (Å²) in [4.78, 5) is 0. The zero-order valence-corrected chi connectivity index (χ0v) is 8.98. The van der Waals surface area contributed by atoms with Crippen molar-refractivity contribution in [1.29, 1.82) is 0 Å². The number of hydrogen-bond acceptors (Lipinski definition) is 0. The summed E-state index contributed by atoms with van der Waals surface area (Å²) in [5.74, 6) is 0.858. The zero-order chi connectivity index (χ0) is 9.41. The van der Waals surface area contributed by atoms with Crippen LogP contribution in [0.25, 0.3) is 0 Å². The first kappa shape index (κ1) is 9.83. The molecule has 0 radical (unpaired) electrons.